The van der Waals surface area contributed by atoms with Crippen molar-refractivity contribution in [2.24, 2.45) is 0 Å². The molecule has 1 N–H and O–H groups in total. The van der Waals surface area contributed by atoms with Crippen molar-refractivity contribution in [2.45, 2.75) is 44.8 Å². The molecule has 5 nitrogen and oxygen atoms in total. The number of halogens is 3. The largest absolute Gasteiger partial charge is 0.496 e. The molecular formula is C24H27F3N2O3. The van der Waals surface area contributed by atoms with Crippen molar-refractivity contribution in [3.05, 3.63) is 76.2 Å². The Morgan fingerprint density at radius 1 is 1.22 bits per heavy atom. The molecule has 2 aromatic rings. The number of nitrogens with one attached hydrogen (secondary N) is 1. The van der Waals surface area contributed by atoms with Gasteiger partial charge in [-0.15, -0.1) is 0 Å². The minimum absolute atomic E-state index is 0.0687. The Balaban J connectivity index is 1.81. The lowest BCUT2D eigenvalue weighted by atomic mass is 9.96. The van der Waals surface area contributed by atoms with E-state index in [0.717, 1.165) is 18.1 Å². The summed E-state index contributed by atoms with van der Waals surface area (Å²) in [6.07, 6.45) is 3.71. The van der Waals surface area contributed by atoms with Gasteiger partial charge in [0.25, 0.3) is 5.56 Å². The predicted molar refractivity (Wildman–Crippen MR) is 118 cm³/mol. The lowest BCUT2D eigenvalue weighted by Crippen LogP contribution is -2.30. The van der Waals surface area contributed by atoms with Gasteiger partial charge in [0.2, 0.25) is 0 Å². The van der Waals surface area contributed by atoms with Crippen LogP contribution in [0.3, 0.4) is 0 Å². The second kappa shape index (κ2) is 10.2. The van der Waals surface area contributed by atoms with Gasteiger partial charge in [0.1, 0.15) is 12.3 Å². The molecule has 1 heterocycles. The van der Waals surface area contributed by atoms with Crippen LogP contribution in [0.25, 0.3) is 11.1 Å². The summed E-state index contributed by atoms with van der Waals surface area (Å²) in [7, 11) is 3.19. The second-order valence-corrected chi connectivity index (χ2v) is 7.74. The summed E-state index contributed by atoms with van der Waals surface area (Å²) in [5.74, 6) is 0.516. The van der Waals surface area contributed by atoms with E-state index in [9.17, 15) is 18.0 Å². The van der Waals surface area contributed by atoms with Crippen molar-refractivity contribution in [1.29, 1.82) is 0 Å². The highest BCUT2D eigenvalue weighted by atomic mass is 19.4. The number of hydrogen-bond donors (Lipinski definition) is 1. The number of ether oxygens (including phenoxy) is 2. The highest BCUT2D eigenvalue weighted by molar-refractivity contribution is 5.70. The number of methoxy groups -OCH3 is 2. The van der Waals surface area contributed by atoms with Gasteiger partial charge >= 0.3 is 6.18 Å². The van der Waals surface area contributed by atoms with Crippen molar-refractivity contribution < 1.29 is 22.6 Å². The monoisotopic (exact) mass is 448 g/mol. The molecular weight excluding hydrogens is 421 g/mol. The van der Waals surface area contributed by atoms with E-state index in [0.29, 0.717) is 28.0 Å². The first-order valence-corrected chi connectivity index (χ1v) is 10.3. The van der Waals surface area contributed by atoms with Crippen molar-refractivity contribution in [3.63, 3.8) is 0 Å². The molecule has 1 aromatic carbocycles. The minimum atomic E-state index is -4.49. The minimum Gasteiger partial charge on any atom is -0.496 e. The topological polar surface area (TPSA) is 52.5 Å². The molecule has 0 saturated carbocycles. The molecule has 0 bridgehead atoms. The molecule has 0 radical (unpaired) electrons. The number of hydrogen-bond acceptors (Lipinski definition) is 4. The Morgan fingerprint density at radius 3 is 2.69 bits per heavy atom. The summed E-state index contributed by atoms with van der Waals surface area (Å²) >= 11 is 0. The lowest BCUT2D eigenvalue weighted by Gasteiger charge is -2.23. The van der Waals surface area contributed by atoms with E-state index in [-0.39, 0.29) is 12.1 Å². The standard InChI is InChI=1S/C24H27F3N2O3/c1-16(18-5-4-6-20(12-18)31-2)28-13-17-7-9-22(32-3)21(11-17)19-8-10-23(30)29(14-19)15-24(25,26)27/h4-11,14,16,20,28H,12-13,15H2,1-3H3/t16-,20?/m1/s1. The number of alkyl halides is 3. The normalized spacial score (nSPS) is 17.2. The molecule has 2 atom stereocenters. The van der Waals surface area contributed by atoms with Gasteiger partial charge in [-0.05, 0) is 37.1 Å². The third-order valence-electron chi connectivity index (χ3n) is 5.45. The molecule has 3 rings (SSSR count). The highest BCUT2D eigenvalue weighted by Gasteiger charge is 2.28. The third-order valence-corrected chi connectivity index (χ3v) is 5.45. The maximum atomic E-state index is 12.8. The first-order valence-electron chi connectivity index (χ1n) is 10.3. The molecule has 172 valence electrons. The fourth-order valence-electron chi connectivity index (χ4n) is 3.65. The van der Waals surface area contributed by atoms with E-state index in [1.807, 2.05) is 24.3 Å². The summed E-state index contributed by atoms with van der Waals surface area (Å²) < 4.78 is 50.0. The van der Waals surface area contributed by atoms with E-state index in [1.54, 1.807) is 13.2 Å². The van der Waals surface area contributed by atoms with Crippen LogP contribution in [0, 0.1) is 0 Å². The van der Waals surface area contributed by atoms with E-state index >= 15 is 0 Å². The smallest absolute Gasteiger partial charge is 0.406 e. The number of allylic oxidation sites excluding steroid dienone is 2. The zero-order valence-electron chi connectivity index (χ0n) is 18.3. The molecule has 0 aliphatic heterocycles. The molecule has 1 aliphatic carbocycles. The average molecular weight is 448 g/mol. The van der Waals surface area contributed by atoms with Crippen molar-refractivity contribution >= 4 is 0 Å². The molecule has 1 unspecified atom stereocenters. The van der Waals surface area contributed by atoms with Crippen LogP contribution in [0.4, 0.5) is 13.2 Å². The summed E-state index contributed by atoms with van der Waals surface area (Å²) in [6, 6.07) is 8.32. The van der Waals surface area contributed by atoms with Crippen LogP contribution in [-0.2, 0) is 17.8 Å². The third kappa shape index (κ3) is 6.11. The fourth-order valence-corrected chi connectivity index (χ4v) is 3.65. The molecule has 1 aromatic heterocycles. The SMILES string of the molecule is COc1ccc(CN[C@H](C)C2=CC=CC(OC)C2)cc1-c1ccc(=O)n(CC(F)(F)F)c1. The number of rotatable bonds is 8. The summed E-state index contributed by atoms with van der Waals surface area (Å²) in [5.41, 5.74) is 2.56. The predicted octanol–water partition coefficient (Wildman–Crippen LogP) is 4.47. The van der Waals surface area contributed by atoms with E-state index in [2.05, 4.69) is 18.3 Å². The van der Waals surface area contributed by atoms with Gasteiger partial charge in [-0.3, -0.25) is 4.79 Å². The van der Waals surface area contributed by atoms with Crippen LogP contribution < -0.4 is 15.6 Å². The number of benzene rings is 1. The van der Waals surface area contributed by atoms with Gasteiger partial charge in [-0.25, -0.2) is 0 Å². The van der Waals surface area contributed by atoms with Crippen LogP contribution in [0.5, 0.6) is 5.75 Å². The zero-order valence-corrected chi connectivity index (χ0v) is 18.3. The van der Waals surface area contributed by atoms with Crippen LogP contribution in [-0.4, -0.2) is 37.1 Å². The molecule has 1 aliphatic rings. The Kier molecular flexibility index (Phi) is 7.58. The van der Waals surface area contributed by atoms with E-state index < -0.39 is 18.3 Å². The van der Waals surface area contributed by atoms with Crippen molar-refractivity contribution in [2.75, 3.05) is 14.2 Å². The van der Waals surface area contributed by atoms with E-state index in [1.165, 1.54) is 24.9 Å². The first-order chi connectivity index (χ1) is 15.2. The quantitative estimate of drug-likeness (QED) is 0.648. The van der Waals surface area contributed by atoms with Crippen LogP contribution in [0.1, 0.15) is 18.9 Å². The Morgan fingerprint density at radius 2 is 2.00 bits per heavy atom. The van der Waals surface area contributed by atoms with Gasteiger partial charge in [-0.2, -0.15) is 13.2 Å². The number of aromatic nitrogens is 1. The van der Waals surface area contributed by atoms with E-state index in [4.69, 9.17) is 9.47 Å². The highest BCUT2D eigenvalue weighted by Crippen LogP contribution is 2.31. The van der Waals surface area contributed by atoms with Crippen LogP contribution >= 0.6 is 0 Å². The molecule has 0 amide bonds. The summed E-state index contributed by atoms with van der Waals surface area (Å²) in [4.78, 5) is 11.9. The first kappa shape index (κ1) is 23.8. The number of nitrogens with zero attached hydrogens (tertiary/aromatic N) is 1. The summed E-state index contributed by atoms with van der Waals surface area (Å²) in [5, 5.41) is 3.48. The Hall–Kier alpha value is -2.84. The lowest BCUT2D eigenvalue weighted by molar-refractivity contribution is -0.141. The van der Waals surface area contributed by atoms with Gasteiger partial charge in [0, 0.05) is 43.1 Å². The van der Waals surface area contributed by atoms with Gasteiger partial charge in [-0.1, -0.05) is 29.9 Å². The molecule has 0 fully saturated rings. The van der Waals surface area contributed by atoms with Gasteiger partial charge in [0.05, 0.1) is 13.2 Å². The van der Waals surface area contributed by atoms with Gasteiger partial charge < -0.3 is 19.4 Å². The van der Waals surface area contributed by atoms with Gasteiger partial charge in [0.15, 0.2) is 0 Å². The van der Waals surface area contributed by atoms with Crippen molar-refractivity contribution in [1.82, 2.24) is 9.88 Å². The molecule has 8 heteroatoms. The fraction of sp³-hybridized carbons (Fsp3) is 0.375. The maximum absolute atomic E-state index is 12.8. The molecule has 0 saturated heterocycles. The van der Waals surface area contributed by atoms with Crippen LogP contribution in [0.15, 0.2) is 65.1 Å². The summed E-state index contributed by atoms with van der Waals surface area (Å²) in [6.45, 7) is 1.29. The van der Waals surface area contributed by atoms with Crippen molar-refractivity contribution in [3.8, 4) is 16.9 Å². The van der Waals surface area contributed by atoms with Crippen LogP contribution in [0.2, 0.25) is 0 Å². The zero-order chi connectivity index (χ0) is 23.3. The second-order valence-electron chi connectivity index (χ2n) is 7.74. The average Bonchev–Trinajstić information content (AvgIpc) is 2.78. The molecule has 0 spiro atoms. The molecule has 32 heavy (non-hydrogen) atoms. The number of pyridine rings is 1. The Bertz CT molecular complexity index is 1060. The maximum Gasteiger partial charge on any atom is 0.406 e. The Labute approximate surface area is 185 Å².